The number of anilines is 1. The number of hydrogen-bond acceptors (Lipinski definition) is 7. The van der Waals surface area contributed by atoms with E-state index in [4.69, 9.17) is 27.2 Å². The summed E-state index contributed by atoms with van der Waals surface area (Å²) in [6.45, 7) is -0.459. The van der Waals surface area contributed by atoms with Gasteiger partial charge in [-0.25, -0.2) is 18.6 Å². The minimum Gasteiger partial charge on any atom is -0.447 e. The summed E-state index contributed by atoms with van der Waals surface area (Å²) in [4.78, 5) is 42.9. The van der Waals surface area contributed by atoms with E-state index in [9.17, 15) is 23.2 Å². The number of ether oxygens (including phenoxy) is 1. The molecule has 13 heteroatoms. The molecule has 0 spiro atoms. The van der Waals surface area contributed by atoms with Gasteiger partial charge in [0.1, 0.15) is 30.1 Å². The van der Waals surface area contributed by atoms with Crippen LogP contribution < -0.4 is 16.4 Å². The van der Waals surface area contributed by atoms with E-state index in [1.807, 2.05) is 0 Å². The fraction of sp³-hybridized carbons (Fsp3) is 0.357. The number of aryl methyl sites for hydroxylation is 1. The van der Waals surface area contributed by atoms with E-state index in [1.165, 1.54) is 41.4 Å². The van der Waals surface area contributed by atoms with Crippen molar-refractivity contribution in [3.05, 3.63) is 70.9 Å². The van der Waals surface area contributed by atoms with Crippen LogP contribution in [0.5, 0.6) is 0 Å². The molecule has 2 aromatic carbocycles. The van der Waals surface area contributed by atoms with E-state index >= 15 is 0 Å². The van der Waals surface area contributed by atoms with Crippen molar-refractivity contribution >= 4 is 46.1 Å². The number of hydrogen-bond donors (Lipinski definition) is 4. The van der Waals surface area contributed by atoms with Crippen LogP contribution >= 0.6 is 11.6 Å². The maximum atomic E-state index is 13.8. The lowest BCUT2D eigenvalue weighted by molar-refractivity contribution is -0.133. The summed E-state index contributed by atoms with van der Waals surface area (Å²) >= 11 is 6.01. The molecule has 3 amide bonds. The first-order valence-corrected chi connectivity index (χ1v) is 13.3. The topological polar surface area (TPSA) is 147 Å². The lowest BCUT2D eigenvalue weighted by atomic mass is 10.1. The second kappa shape index (κ2) is 15.2. The number of nitrogens with zero attached hydrogens (tertiary/aromatic N) is 2. The van der Waals surface area contributed by atoms with Gasteiger partial charge in [0.05, 0.1) is 17.7 Å². The third-order valence-corrected chi connectivity index (χ3v) is 6.87. The standard InChI is InChI=1S/C28H32ClF2N5O5/c1-36(25(38)10-8-17-4-2-6-22(31)26(17)29)21(5-3-11-33-27(39)23(32)15-37)16-41-28(40)35-24-13-19-12-20(30)9-7-18(19)14-34-24/h2,4,6-7,9,12-14,21,23,37H,3,5,8,10-11,15-16,32H2,1H3,(H,33,39)(H,34,35,40)/t21-,23+/m0/s1. The molecule has 0 aliphatic carbocycles. The van der Waals surface area contributed by atoms with Gasteiger partial charge in [-0.15, -0.1) is 0 Å². The number of carbonyl (C=O) groups excluding carboxylic acids is 3. The van der Waals surface area contributed by atoms with Gasteiger partial charge in [0.25, 0.3) is 0 Å². The molecule has 0 fully saturated rings. The van der Waals surface area contributed by atoms with Gasteiger partial charge in [-0.1, -0.05) is 23.7 Å². The molecule has 3 rings (SSSR count). The number of carbonyl (C=O) groups is 3. The third-order valence-electron chi connectivity index (χ3n) is 6.45. The number of nitrogens with one attached hydrogen (secondary N) is 2. The Hall–Kier alpha value is -3.87. The Bertz CT molecular complexity index is 1380. The summed E-state index contributed by atoms with van der Waals surface area (Å²) in [7, 11) is 1.56. The number of amides is 3. The van der Waals surface area contributed by atoms with E-state index in [0.717, 1.165) is 0 Å². The fourth-order valence-electron chi connectivity index (χ4n) is 4.01. The smallest absolute Gasteiger partial charge is 0.412 e. The third kappa shape index (κ3) is 9.34. The number of likely N-dealkylation sites (N-methyl/N-ethyl adjacent to an activating group) is 1. The molecule has 0 saturated carbocycles. The van der Waals surface area contributed by atoms with Crippen LogP contribution in [0.4, 0.5) is 19.4 Å². The van der Waals surface area contributed by atoms with Gasteiger partial charge in [-0.05, 0) is 60.5 Å². The van der Waals surface area contributed by atoms with Gasteiger partial charge in [0.2, 0.25) is 11.8 Å². The van der Waals surface area contributed by atoms with Crippen molar-refractivity contribution in [3.63, 3.8) is 0 Å². The highest BCUT2D eigenvalue weighted by Gasteiger charge is 2.22. The van der Waals surface area contributed by atoms with Crippen molar-refractivity contribution in [2.45, 2.75) is 37.8 Å². The number of aromatic nitrogens is 1. The molecule has 41 heavy (non-hydrogen) atoms. The Morgan fingerprint density at radius 1 is 1.17 bits per heavy atom. The Balaban J connectivity index is 1.61. The quantitative estimate of drug-likeness (QED) is 0.223. The molecule has 220 valence electrons. The minimum absolute atomic E-state index is 0.0298. The largest absolute Gasteiger partial charge is 0.447 e. The highest BCUT2D eigenvalue weighted by atomic mass is 35.5. The van der Waals surface area contributed by atoms with E-state index < -0.39 is 42.3 Å². The number of fused-ring (bicyclic) bond motifs is 1. The molecular weight excluding hydrogens is 560 g/mol. The number of rotatable bonds is 13. The van der Waals surface area contributed by atoms with E-state index in [1.54, 1.807) is 19.2 Å². The molecule has 0 radical (unpaired) electrons. The van der Waals surface area contributed by atoms with Crippen molar-refractivity contribution in [2.75, 3.05) is 32.1 Å². The van der Waals surface area contributed by atoms with E-state index in [2.05, 4.69) is 15.6 Å². The molecular formula is C28H32ClF2N5O5. The van der Waals surface area contributed by atoms with Gasteiger partial charge in [0, 0.05) is 31.6 Å². The van der Waals surface area contributed by atoms with Crippen LogP contribution in [0, 0.1) is 11.6 Å². The molecule has 10 nitrogen and oxygen atoms in total. The Labute approximate surface area is 240 Å². The fourth-order valence-corrected chi connectivity index (χ4v) is 4.23. The maximum Gasteiger partial charge on any atom is 0.412 e. The summed E-state index contributed by atoms with van der Waals surface area (Å²) in [5.74, 6) is -1.65. The first-order chi connectivity index (χ1) is 19.6. The number of aliphatic hydroxyl groups excluding tert-OH is 1. The molecule has 5 N–H and O–H groups in total. The average molecular weight is 592 g/mol. The first-order valence-electron chi connectivity index (χ1n) is 12.9. The van der Waals surface area contributed by atoms with Crippen LogP contribution in [0.1, 0.15) is 24.8 Å². The lowest BCUT2D eigenvalue weighted by Crippen LogP contribution is -2.44. The Kier molecular flexibility index (Phi) is 11.7. The molecule has 3 aromatic rings. The van der Waals surface area contributed by atoms with Crippen LogP contribution in [0.15, 0.2) is 48.7 Å². The summed E-state index contributed by atoms with van der Waals surface area (Å²) in [5, 5.41) is 15.3. The molecule has 0 saturated heterocycles. The molecule has 1 heterocycles. The number of pyridine rings is 1. The molecule has 1 aromatic heterocycles. The van der Waals surface area contributed by atoms with Crippen LogP contribution in [-0.2, 0) is 20.7 Å². The van der Waals surface area contributed by atoms with E-state index in [-0.39, 0.29) is 42.7 Å². The highest BCUT2D eigenvalue weighted by Crippen LogP contribution is 2.22. The van der Waals surface area contributed by atoms with Gasteiger partial charge in [-0.2, -0.15) is 0 Å². The molecule has 0 bridgehead atoms. The van der Waals surface area contributed by atoms with Crippen molar-refractivity contribution in [2.24, 2.45) is 5.73 Å². The van der Waals surface area contributed by atoms with Gasteiger partial charge >= 0.3 is 6.09 Å². The van der Waals surface area contributed by atoms with E-state index in [0.29, 0.717) is 29.2 Å². The van der Waals surface area contributed by atoms with Crippen LogP contribution in [0.25, 0.3) is 10.8 Å². The van der Waals surface area contributed by atoms with Gasteiger partial charge < -0.3 is 25.8 Å². The summed E-state index contributed by atoms with van der Waals surface area (Å²) < 4.78 is 32.7. The second-order valence-corrected chi connectivity index (χ2v) is 9.76. The predicted octanol–water partition coefficient (Wildman–Crippen LogP) is 3.39. The van der Waals surface area contributed by atoms with Gasteiger partial charge in [0.15, 0.2) is 0 Å². The lowest BCUT2D eigenvalue weighted by Gasteiger charge is -2.28. The summed E-state index contributed by atoms with van der Waals surface area (Å²) in [6, 6.07) is 8.46. The normalized spacial score (nSPS) is 12.4. The average Bonchev–Trinajstić information content (AvgIpc) is 2.96. The van der Waals surface area contributed by atoms with Crippen LogP contribution in [0.2, 0.25) is 5.02 Å². The van der Waals surface area contributed by atoms with Gasteiger partial charge in [-0.3, -0.25) is 14.9 Å². The Morgan fingerprint density at radius 2 is 1.95 bits per heavy atom. The number of halogens is 3. The van der Waals surface area contributed by atoms with Crippen molar-refractivity contribution in [3.8, 4) is 0 Å². The molecule has 2 atom stereocenters. The van der Waals surface area contributed by atoms with Crippen molar-refractivity contribution in [1.29, 1.82) is 0 Å². The zero-order valence-electron chi connectivity index (χ0n) is 22.4. The monoisotopic (exact) mass is 591 g/mol. The SMILES string of the molecule is CN(C(=O)CCc1cccc(F)c1Cl)[C@@H](CCCNC(=O)[C@H](N)CO)COC(=O)Nc1cc2cc(F)ccc2cn1. The van der Waals surface area contributed by atoms with Crippen LogP contribution in [-0.4, -0.2) is 71.8 Å². The second-order valence-electron chi connectivity index (χ2n) is 9.38. The molecule has 0 unspecified atom stereocenters. The van der Waals surface area contributed by atoms with Crippen LogP contribution in [0.3, 0.4) is 0 Å². The highest BCUT2D eigenvalue weighted by molar-refractivity contribution is 6.31. The van der Waals surface area contributed by atoms with Crippen molar-refractivity contribution < 1.29 is 33.0 Å². The maximum absolute atomic E-state index is 13.8. The minimum atomic E-state index is -1.04. The number of nitrogens with two attached hydrogens (primary N) is 1. The first kappa shape index (κ1) is 31.7. The van der Waals surface area contributed by atoms with Crippen molar-refractivity contribution in [1.82, 2.24) is 15.2 Å². The summed E-state index contributed by atoms with van der Waals surface area (Å²) in [6.07, 6.45) is 1.65. The molecule has 0 aliphatic heterocycles. The summed E-state index contributed by atoms with van der Waals surface area (Å²) in [5.41, 5.74) is 5.99. The number of benzene rings is 2. The number of aliphatic hydroxyl groups is 1. The Morgan fingerprint density at radius 3 is 2.71 bits per heavy atom. The predicted molar refractivity (Wildman–Crippen MR) is 150 cm³/mol. The molecule has 0 aliphatic rings. The zero-order chi connectivity index (χ0) is 29.9. The zero-order valence-corrected chi connectivity index (χ0v) is 23.2.